The first kappa shape index (κ1) is 11.8. The van der Waals surface area contributed by atoms with Crippen LogP contribution in [0.25, 0.3) is 0 Å². The molecule has 0 aliphatic rings. The summed E-state index contributed by atoms with van der Waals surface area (Å²) in [5.41, 5.74) is 9.44. The molecular formula is C3H8CuN4O2. The summed E-state index contributed by atoms with van der Waals surface area (Å²) in [5.74, 6) is 0. The van der Waals surface area contributed by atoms with Crippen LogP contribution in [0, 0.1) is 5.41 Å². The first-order valence-corrected chi connectivity index (χ1v) is 2.09. The van der Waals surface area contributed by atoms with Crippen LogP contribution in [0.1, 0.15) is 0 Å². The zero-order valence-corrected chi connectivity index (χ0v) is 6.16. The van der Waals surface area contributed by atoms with Crippen molar-refractivity contribution in [2.75, 3.05) is 7.05 Å². The van der Waals surface area contributed by atoms with Gasteiger partial charge in [0.25, 0.3) is 0 Å². The van der Waals surface area contributed by atoms with Gasteiger partial charge in [0.1, 0.15) is 0 Å². The minimum absolute atomic E-state index is 0. The Morgan fingerprint density at radius 1 is 1.60 bits per heavy atom. The molecule has 0 spiro atoms. The minimum Gasteiger partial charge on any atom is -0.352 e. The third-order valence-electron chi connectivity index (χ3n) is 0.546. The van der Waals surface area contributed by atoms with Gasteiger partial charge in [0.15, 0.2) is 0 Å². The van der Waals surface area contributed by atoms with Gasteiger partial charge in [-0.05, 0) is 0 Å². The summed E-state index contributed by atoms with van der Waals surface area (Å²) < 4.78 is 0. The number of hydrogen-bond acceptors (Lipinski definition) is 3. The number of nitrogens with zero attached hydrogens (tertiary/aromatic N) is 1. The Morgan fingerprint density at radius 3 is 2.10 bits per heavy atom. The van der Waals surface area contributed by atoms with Gasteiger partial charge in [-0.25, -0.2) is 10.2 Å². The van der Waals surface area contributed by atoms with Gasteiger partial charge in [-0.2, -0.15) is 5.06 Å². The van der Waals surface area contributed by atoms with Crippen LogP contribution >= 0.6 is 0 Å². The molecule has 0 aromatic rings. The molecule has 0 heterocycles. The van der Waals surface area contributed by atoms with Crippen molar-refractivity contribution in [3.8, 4) is 0 Å². The monoisotopic (exact) mass is 195 g/mol. The van der Waals surface area contributed by atoms with E-state index < -0.39 is 12.1 Å². The van der Waals surface area contributed by atoms with E-state index in [0.717, 1.165) is 0 Å². The van der Waals surface area contributed by atoms with E-state index in [0.29, 0.717) is 5.06 Å². The fourth-order valence-electron chi connectivity index (χ4n) is 0.193. The Balaban J connectivity index is 0. The predicted molar refractivity (Wildman–Crippen MR) is 30.3 cm³/mol. The number of rotatable bonds is 0. The number of nitrogens with one attached hydrogen (secondary N) is 1. The molecule has 0 fully saturated rings. The average molecular weight is 196 g/mol. The van der Waals surface area contributed by atoms with Crippen LogP contribution in [-0.4, -0.2) is 24.2 Å². The molecule has 6 nitrogen and oxygen atoms in total. The van der Waals surface area contributed by atoms with Crippen LogP contribution in [0.15, 0.2) is 0 Å². The Kier molecular flexibility index (Phi) is 5.78. The summed E-state index contributed by atoms with van der Waals surface area (Å²) in [4.78, 5) is 14.3. The second kappa shape index (κ2) is 4.89. The fraction of sp³-hybridized carbons (Fsp3) is 0.333. The summed E-state index contributed by atoms with van der Waals surface area (Å²) in [7, 11) is 1.25. The zero-order chi connectivity index (χ0) is 7.44. The molecule has 0 atom stereocenters. The van der Waals surface area contributed by atoms with E-state index in [1.54, 1.807) is 0 Å². The normalized spacial score (nSPS) is 7.30. The summed E-state index contributed by atoms with van der Waals surface area (Å²) >= 11 is 0. The molecule has 1 radical (unpaired) electrons. The molecule has 7 heteroatoms. The SMILES string of the molecule is CN(OC(=N)N)C(N)=O.[Cu]. The summed E-state index contributed by atoms with van der Waals surface area (Å²) in [6.45, 7) is 0. The van der Waals surface area contributed by atoms with E-state index in [2.05, 4.69) is 4.84 Å². The van der Waals surface area contributed by atoms with E-state index in [1.807, 2.05) is 0 Å². The molecule has 0 aliphatic carbocycles. The Labute approximate surface area is 68.4 Å². The maximum atomic E-state index is 10.1. The van der Waals surface area contributed by atoms with Gasteiger partial charge in [0.05, 0.1) is 7.05 Å². The van der Waals surface area contributed by atoms with Crippen molar-refractivity contribution in [2.45, 2.75) is 0 Å². The molecule has 5 N–H and O–H groups in total. The number of carbonyl (C=O) groups excluding carboxylic acids is 1. The molecule has 2 amide bonds. The molecule has 0 aromatic heterocycles. The summed E-state index contributed by atoms with van der Waals surface area (Å²) in [6.07, 6.45) is 0. The molecular weight excluding hydrogens is 188 g/mol. The van der Waals surface area contributed by atoms with Crippen LogP contribution < -0.4 is 11.5 Å². The Morgan fingerprint density at radius 2 is 2.00 bits per heavy atom. The Hall–Kier alpha value is -0.941. The van der Waals surface area contributed by atoms with Gasteiger partial charge in [-0.3, -0.25) is 0 Å². The number of nitrogens with two attached hydrogens (primary N) is 2. The van der Waals surface area contributed by atoms with E-state index >= 15 is 0 Å². The number of hydroxylamine groups is 2. The van der Waals surface area contributed by atoms with Gasteiger partial charge in [-0.1, -0.05) is 0 Å². The van der Waals surface area contributed by atoms with Crippen molar-refractivity contribution < 1.29 is 26.7 Å². The molecule has 0 unspecified atom stereocenters. The second-order valence-electron chi connectivity index (χ2n) is 1.29. The third kappa shape index (κ3) is 5.20. The summed E-state index contributed by atoms with van der Waals surface area (Å²) in [5, 5.41) is 7.18. The first-order chi connectivity index (χ1) is 4.04. The number of amides is 2. The fourth-order valence-corrected chi connectivity index (χ4v) is 0.193. The van der Waals surface area contributed by atoms with Gasteiger partial charge >= 0.3 is 12.1 Å². The largest absolute Gasteiger partial charge is 0.352 e. The molecule has 0 saturated carbocycles. The van der Waals surface area contributed by atoms with Gasteiger partial charge < -0.3 is 16.3 Å². The average Bonchev–Trinajstić information content (AvgIpc) is 1.63. The van der Waals surface area contributed by atoms with Crippen molar-refractivity contribution >= 4 is 12.1 Å². The number of primary amides is 1. The smallest absolute Gasteiger partial charge is 0.347 e. The Bertz CT molecular complexity index is 138. The van der Waals surface area contributed by atoms with Crippen LogP contribution in [0.2, 0.25) is 0 Å². The molecule has 0 aliphatic heterocycles. The van der Waals surface area contributed by atoms with E-state index in [-0.39, 0.29) is 17.1 Å². The van der Waals surface area contributed by atoms with E-state index in [1.165, 1.54) is 7.05 Å². The minimum atomic E-state index is -0.801. The molecule has 0 saturated heterocycles. The van der Waals surface area contributed by atoms with Crippen molar-refractivity contribution in [3.05, 3.63) is 0 Å². The van der Waals surface area contributed by atoms with Crippen molar-refractivity contribution in [3.63, 3.8) is 0 Å². The first-order valence-electron chi connectivity index (χ1n) is 2.09. The predicted octanol–water partition coefficient (Wildman–Crippen LogP) is -1.18. The van der Waals surface area contributed by atoms with Crippen LogP contribution in [0.4, 0.5) is 4.79 Å². The van der Waals surface area contributed by atoms with Crippen molar-refractivity contribution in [1.82, 2.24) is 5.06 Å². The van der Waals surface area contributed by atoms with Crippen LogP contribution in [0.3, 0.4) is 0 Å². The quantitative estimate of drug-likeness (QED) is 0.196. The maximum absolute atomic E-state index is 10.1. The number of carbonyl (C=O) groups is 1. The molecule has 0 bridgehead atoms. The van der Waals surface area contributed by atoms with Crippen LogP contribution in [0.5, 0.6) is 0 Å². The molecule has 0 rings (SSSR count). The number of amidine groups is 1. The number of hydrogen-bond donors (Lipinski definition) is 3. The maximum Gasteiger partial charge on any atom is 0.347 e. The van der Waals surface area contributed by atoms with Gasteiger partial charge in [0, 0.05) is 17.1 Å². The van der Waals surface area contributed by atoms with Crippen LogP contribution in [-0.2, 0) is 21.9 Å². The number of urea groups is 1. The second-order valence-corrected chi connectivity index (χ2v) is 1.29. The van der Waals surface area contributed by atoms with Gasteiger partial charge in [0.2, 0.25) is 0 Å². The van der Waals surface area contributed by atoms with Crippen molar-refractivity contribution in [1.29, 1.82) is 5.41 Å². The van der Waals surface area contributed by atoms with E-state index in [9.17, 15) is 4.79 Å². The van der Waals surface area contributed by atoms with E-state index in [4.69, 9.17) is 16.9 Å². The topological polar surface area (TPSA) is 105 Å². The third-order valence-corrected chi connectivity index (χ3v) is 0.546. The zero-order valence-electron chi connectivity index (χ0n) is 5.22. The standard InChI is InChI=1S/C3H8N4O2.Cu/c1-7(3(6)8)9-2(4)5;/h1H3,(H3,4,5)(H2,6,8);. The molecule has 10 heavy (non-hydrogen) atoms. The summed E-state index contributed by atoms with van der Waals surface area (Å²) in [6, 6.07) is -1.37. The van der Waals surface area contributed by atoms with Crippen molar-refractivity contribution in [2.24, 2.45) is 11.5 Å². The van der Waals surface area contributed by atoms with Gasteiger partial charge in [-0.15, -0.1) is 0 Å². The molecule has 0 aromatic carbocycles. The molecule has 63 valence electrons.